The second kappa shape index (κ2) is 10.2. The number of ether oxygens (including phenoxy) is 1. The molecule has 1 saturated heterocycles. The second-order valence-corrected chi connectivity index (χ2v) is 11.4. The molecule has 1 amide bonds. The number of hydrogen-bond acceptors (Lipinski definition) is 5. The van der Waals surface area contributed by atoms with Crippen LogP contribution >= 0.6 is 0 Å². The molecule has 8 heteroatoms. The minimum Gasteiger partial charge on any atom is -0.497 e. The number of methoxy groups -OCH3 is 1. The van der Waals surface area contributed by atoms with Crippen LogP contribution in [0.2, 0.25) is 0 Å². The molecular weight excluding hydrogens is 505 g/mol. The smallest absolute Gasteiger partial charge is 0.254 e. The summed E-state index contributed by atoms with van der Waals surface area (Å²) in [6.07, 6.45) is 3.56. The molecule has 1 unspecified atom stereocenters. The van der Waals surface area contributed by atoms with Crippen LogP contribution in [-0.4, -0.2) is 66.5 Å². The Hall–Kier alpha value is -3.91. The summed E-state index contributed by atoms with van der Waals surface area (Å²) in [4.78, 5) is 27.0. The van der Waals surface area contributed by atoms with E-state index in [1.54, 1.807) is 44.4 Å². The van der Waals surface area contributed by atoms with Gasteiger partial charge in [0.25, 0.3) is 5.91 Å². The zero-order valence-electron chi connectivity index (χ0n) is 23.6. The maximum Gasteiger partial charge on any atom is 0.254 e. The Labute approximate surface area is 234 Å². The molecule has 7 nitrogen and oxygen atoms in total. The van der Waals surface area contributed by atoms with Gasteiger partial charge in [-0.25, -0.2) is 9.37 Å². The first-order valence-electron chi connectivity index (χ1n) is 13.9. The third-order valence-corrected chi connectivity index (χ3v) is 8.81. The average Bonchev–Trinajstić information content (AvgIpc) is 3.37. The van der Waals surface area contributed by atoms with Gasteiger partial charge in [-0.2, -0.15) is 0 Å². The van der Waals surface area contributed by atoms with Crippen LogP contribution in [-0.2, 0) is 12.0 Å². The van der Waals surface area contributed by atoms with E-state index in [2.05, 4.69) is 38.8 Å². The summed E-state index contributed by atoms with van der Waals surface area (Å²) >= 11 is 0. The number of anilines is 1. The molecule has 2 aromatic heterocycles. The monoisotopic (exact) mass is 541 g/mol. The highest BCUT2D eigenvalue weighted by Gasteiger charge is 2.46. The molecule has 4 aromatic rings. The van der Waals surface area contributed by atoms with E-state index in [9.17, 15) is 9.18 Å². The largest absolute Gasteiger partial charge is 0.497 e. The Morgan fingerprint density at radius 3 is 2.60 bits per heavy atom. The van der Waals surface area contributed by atoms with E-state index in [4.69, 9.17) is 4.74 Å². The molecule has 0 saturated carbocycles. The summed E-state index contributed by atoms with van der Waals surface area (Å²) in [5, 5.41) is 1.24. The van der Waals surface area contributed by atoms with Crippen LogP contribution in [0.4, 0.5) is 10.2 Å². The first-order valence-corrected chi connectivity index (χ1v) is 13.9. The fourth-order valence-corrected chi connectivity index (χ4v) is 6.56. The van der Waals surface area contributed by atoms with Gasteiger partial charge in [-0.1, -0.05) is 18.2 Å². The van der Waals surface area contributed by atoms with Crippen molar-refractivity contribution in [2.45, 2.75) is 37.8 Å². The molecule has 0 radical (unpaired) electrons. The van der Waals surface area contributed by atoms with Crippen molar-refractivity contribution in [2.24, 2.45) is 0 Å². The van der Waals surface area contributed by atoms with E-state index in [0.717, 1.165) is 55.1 Å². The predicted molar refractivity (Wildman–Crippen MR) is 155 cm³/mol. The number of amides is 1. The van der Waals surface area contributed by atoms with Gasteiger partial charge >= 0.3 is 0 Å². The molecule has 1 atom stereocenters. The van der Waals surface area contributed by atoms with Gasteiger partial charge in [0.05, 0.1) is 12.7 Å². The minimum absolute atomic E-state index is 0.0496. The molecular formula is C32H36FN5O2. The number of carbonyl (C=O) groups is 1. The highest BCUT2D eigenvalue weighted by Crippen LogP contribution is 2.49. The lowest BCUT2D eigenvalue weighted by atomic mass is 9.68. The summed E-state index contributed by atoms with van der Waals surface area (Å²) in [5.41, 5.74) is 4.91. The van der Waals surface area contributed by atoms with Crippen LogP contribution < -0.4 is 9.64 Å². The van der Waals surface area contributed by atoms with E-state index >= 15 is 0 Å². The van der Waals surface area contributed by atoms with Crippen molar-refractivity contribution < 1.29 is 13.9 Å². The van der Waals surface area contributed by atoms with E-state index < -0.39 is 0 Å². The number of aromatic nitrogens is 2. The predicted octanol–water partition coefficient (Wildman–Crippen LogP) is 5.53. The maximum absolute atomic E-state index is 14.7. The third kappa shape index (κ3) is 4.50. The van der Waals surface area contributed by atoms with Gasteiger partial charge < -0.3 is 19.5 Å². The number of aromatic amines is 1. The van der Waals surface area contributed by atoms with Gasteiger partial charge in [0.15, 0.2) is 0 Å². The van der Waals surface area contributed by atoms with E-state index in [1.165, 1.54) is 16.6 Å². The van der Waals surface area contributed by atoms with Crippen molar-refractivity contribution in [1.29, 1.82) is 0 Å². The number of nitrogens with one attached hydrogen (secondary N) is 1. The molecule has 1 N–H and O–H groups in total. The van der Waals surface area contributed by atoms with Crippen molar-refractivity contribution in [3.63, 3.8) is 0 Å². The first kappa shape index (κ1) is 26.3. The number of H-pyrrole nitrogens is 1. The molecule has 40 heavy (non-hydrogen) atoms. The molecule has 2 aromatic carbocycles. The molecule has 2 aliphatic rings. The van der Waals surface area contributed by atoms with Gasteiger partial charge in [0.1, 0.15) is 17.4 Å². The van der Waals surface area contributed by atoms with Crippen LogP contribution in [0.25, 0.3) is 10.9 Å². The highest BCUT2D eigenvalue weighted by atomic mass is 19.1. The Bertz CT molecular complexity index is 1540. The zero-order chi connectivity index (χ0) is 28.0. The van der Waals surface area contributed by atoms with Crippen LogP contribution in [0, 0.1) is 5.82 Å². The second-order valence-electron chi connectivity index (χ2n) is 11.4. The Balaban J connectivity index is 1.33. The first-order chi connectivity index (χ1) is 19.3. The molecule has 2 aliphatic heterocycles. The molecule has 0 bridgehead atoms. The molecule has 1 spiro atoms. The van der Waals surface area contributed by atoms with Crippen molar-refractivity contribution in [1.82, 2.24) is 19.8 Å². The van der Waals surface area contributed by atoms with Gasteiger partial charge in [0, 0.05) is 86.2 Å². The van der Waals surface area contributed by atoms with Gasteiger partial charge in [-0.05, 0) is 55.7 Å². The lowest BCUT2D eigenvalue weighted by Crippen LogP contribution is -2.52. The topological polar surface area (TPSA) is 64.7 Å². The van der Waals surface area contributed by atoms with Crippen molar-refractivity contribution in [2.75, 3.05) is 45.7 Å². The Morgan fingerprint density at radius 1 is 1.15 bits per heavy atom. The highest BCUT2D eigenvalue weighted by molar-refractivity contribution is 5.93. The molecule has 4 heterocycles. The summed E-state index contributed by atoms with van der Waals surface area (Å²) in [7, 11) is 5.18. The summed E-state index contributed by atoms with van der Waals surface area (Å²) in [5.74, 6) is 1.51. The van der Waals surface area contributed by atoms with Crippen LogP contribution in [0.1, 0.15) is 53.0 Å². The molecule has 1 fully saturated rings. The molecule has 0 aliphatic carbocycles. The SMILES string of the molecule is COc1ccc2c3c([nH]c2c1)C(C)N(Cc1ccccc1F)CC31CCN(c2ccc(C(=O)N(C)C)cn2)CC1. The van der Waals surface area contributed by atoms with Crippen molar-refractivity contribution in [3.8, 4) is 5.75 Å². The molecule has 6 rings (SSSR count). The quantitative estimate of drug-likeness (QED) is 0.360. The number of rotatable bonds is 5. The fourth-order valence-electron chi connectivity index (χ4n) is 6.56. The Morgan fingerprint density at radius 2 is 1.93 bits per heavy atom. The van der Waals surface area contributed by atoms with Crippen molar-refractivity contribution in [3.05, 3.63) is 89.0 Å². The fraction of sp³-hybridized carbons (Fsp3) is 0.375. The van der Waals surface area contributed by atoms with E-state index in [-0.39, 0.29) is 23.2 Å². The van der Waals surface area contributed by atoms with Crippen LogP contribution in [0.5, 0.6) is 5.75 Å². The Kier molecular flexibility index (Phi) is 6.74. The normalized spacial score (nSPS) is 18.6. The number of hydrogen-bond donors (Lipinski definition) is 1. The van der Waals surface area contributed by atoms with Gasteiger partial charge in [-0.3, -0.25) is 9.69 Å². The minimum atomic E-state index is -0.159. The van der Waals surface area contributed by atoms with E-state index in [1.807, 2.05) is 30.3 Å². The van der Waals surface area contributed by atoms with Crippen molar-refractivity contribution >= 4 is 22.6 Å². The van der Waals surface area contributed by atoms with Gasteiger partial charge in [-0.15, -0.1) is 0 Å². The van der Waals surface area contributed by atoms with Gasteiger partial charge in [0.2, 0.25) is 0 Å². The van der Waals surface area contributed by atoms with E-state index in [0.29, 0.717) is 12.1 Å². The number of carbonyl (C=O) groups excluding carboxylic acids is 1. The number of pyridine rings is 1. The average molecular weight is 542 g/mol. The third-order valence-electron chi connectivity index (χ3n) is 8.81. The zero-order valence-corrected chi connectivity index (χ0v) is 23.6. The number of fused-ring (bicyclic) bond motifs is 4. The maximum atomic E-state index is 14.7. The number of benzene rings is 2. The summed E-state index contributed by atoms with van der Waals surface area (Å²) < 4.78 is 20.2. The number of nitrogens with zero attached hydrogens (tertiary/aromatic N) is 4. The van der Waals surface area contributed by atoms with Crippen LogP contribution in [0.15, 0.2) is 60.8 Å². The summed E-state index contributed by atoms with van der Waals surface area (Å²) in [6.45, 7) is 5.32. The summed E-state index contributed by atoms with van der Waals surface area (Å²) in [6, 6.07) is 17.3. The number of halogens is 1. The van der Waals surface area contributed by atoms with Crippen LogP contribution in [0.3, 0.4) is 0 Å². The molecule has 208 valence electrons. The standard InChI is InChI=1S/C32H36FN5O2/c1-21-30-29(25-11-10-24(40-4)17-27(25)35-30)32(20-38(21)19-23-7-5-6-8-26(23)33)13-15-37(16-14-32)28-12-9-22(18-34-28)31(39)36(2)3/h5-12,17-18,21,35H,13-16,19-20H2,1-4H3. The number of piperidine rings is 1. The lowest BCUT2D eigenvalue weighted by Gasteiger charge is -2.50. The lowest BCUT2D eigenvalue weighted by molar-refractivity contribution is 0.0827.